The Bertz CT molecular complexity index is 464. The molecule has 4 nitrogen and oxygen atoms in total. The van der Waals surface area contributed by atoms with E-state index < -0.39 is 11.9 Å². The molecule has 0 aliphatic heterocycles. The molecule has 3 N–H and O–H groups in total. The second kappa shape index (κ2) is 28.0. The van der Waals surface area contributed by atoms with E-state index in [9.17, 15) is 14.7 Å². The molecule has 0 spiro atoms. The van der Waals surface area contributed by atoms with Gasteiger partial charge in [0.15, 0.2) is 0 Å². The van der Waals surface area contributed by atoms with E-state index in [-0.39, 0.29) is 11.8 Å². The Morgan fingerprint density at radius 1 is 0.486 bits per heavy atom. The standard InChI is InChI=1S/C33H65NO3/c1-3-5-7-9-11-13-15-17-19-21-23-25-27-30(32(34)35)29-31(33(36)37)28-26-24-22-20-18-16-14-12-10-8-6-4-2/h30-31H,3-29H2,1-2H3,(H2,34,35)(H,36,37). The third-order valence-electron chi connectivity index (χ3n) is 8.13. The summed E-state index contributed by atoms with van der Waals surface area (Å²) in [7, 11) is 0. The Hall–Kier alpha value is -1.06. The van der Waals surface area contributed by atoms with Gasteiger partial charge in [-0.3, -0.25) is 9.59 Å². The van der Waals surface area contributed by atoms with Crippen molar-refractivity contribution in [3.8, 4) is 0 Å². The van der Waals surface area contributed by atoms with Crippen LogP contribution in [0, 0.1) is 11.8 Å². The van der Waals surface area contributed by atoms with Crippen molar-refractivity contribution in [1.82, 2.24) is 0 Å². The summed E-state index contributed by atoms with van der Waals surface area (Å²) in [5, 5.41) is 9.70. The predicted octanol–water partition coefficient (Wildman–Crippen LogP) is 10.4. The van der Waals surface area contributed by atoms with Crippen LogP contribution in [0.15, 0.2) is 0 Å². The van der Waals surface area contributed by atoms with Crippen molar-refractivity contribution in [2.24, 2.45) is 17.6 Å². The fourth-order valence-corrected chi connectivity index (χ4v) is 5.53. The third-order valence-corrected chi connectivity index (χ3v) is 8.13. The summed E-state index contributed by atoms with van der Waals surface area (Å²) in [5.41, 5.74) is 5.66. The highest BCUT2D eigenvalue weighted by atomic mass is 16.4. The molecule has 37 heavy (non-hydrogen) atoms. The largest absolute Gasteiger partial charge is 0.481 e. The lowest BCUT2D eigenvalue weighted by atomic mass is 9.86. The molecule has 0 aromatic rings. The minimum absolute atomic E-state index is 0.290. The number of nitrogens with two attached hydrogens (primary N) is 1. The number of rotatable bonds is 30. The van der Waals surface area contributed by atoms with Crippen LogP contribution in [0.25, 0.3) is 0 Å². The number of carboxylic acid groups (broad SMARTS) is 1. The van der Waals surface area contributed by atoms with E-state index in [2.05, 4.69) is 13.8 Å². The molecular weight excluding hydrogens is 458 g/mol. The highest BCUT2D eigenvalue weighted by Gasteiger charge is 2.25. The van der Waals surface area contributed by atoms with E-state index >= 15 is 0 Å². The van der Waals surface area contributed by atoms with Gasteiger partial charge in [0.2, 0.25) is 5.91 Å². The smallest absolute Gasteiger partial charge is 0.306 e. The number of amides is 1. The molecule has 0 aliphatic carbocycles. The molecule has 0 aromatic heterocycles. The molecule has 2 atom stereocenters. The maximum atomic E-state index is 12.0. The molecule has 0 rings (SSSR count). The summed E-state index contributed by atoms with van der Waals surface area (Å²) in [6, 6.07) is 0. The number of primary amides is 1. The number of unbranched alkanes of at least 4 members (excludes halogenated alkanes) is 22. The van der Waals surface area contributed by atoms with Crippen LogP contribution in [0.2, 0.25) is 0 Å². The van der Waals surface area contributed by atoms with Crippen LogP contribution in [0.4, 0.5) is 0 Å². The first kappa shape index (κ1) is 35.9. The van der Waals surface area contributed by atoms with Gasteiger partial charge in [0.05, 0.1) is 5.92 Å². The zero-order valence-electron chi connectivity index (χ0n) is 25.1. The summed E-state index contributed by atoms with van der Waals surface area (Å²) >= 11 is 0. The van der Waals surface area contributed by atoms with Crippen LogP contribution in [0.1, 0.15) is 187 Å². The quantitative estimate of drug-likeness (QED) is 0.0919. The topological polar surface area (TPSA) is 80.4 Å². The van der Waals surface area contributed by atoms with Gasteiger partial charge < -0.3 is 10.8 Å². The fourth-order valence-electron chi connectivity index (χ4n) is 5.53. The molecule has 0 heterocycles. The summed E-state index contributed by atoms with van der Waals surface area (Å²) in [6.07, 6.45) is 32.6. The lowest BCUT2D eigenvalue weighted by Gasteiger charge is -2.18. The van der Waals surface area contributed by atoms with Gasteiger partial charge in [-0.15, -0.1) is 0 Å². The van der Waals surface area contributed by atoms with Gasteiger partial charge in [-0.05, 0) is 19.3 Å². The molecule has 0 aromatic carbocycles. The maximum Gasteiger partial charge on any atom is 0.306 e. The van der Waals surface area contributed by atoms with Gasteiger partial charge >= 0.3 is 5.97 Å². The van der Waals surface area contributed by atoms with Gasteiger partial charge in [-0.2, -0.15) is 0 Å². The van der Waals surface area contributed by atoms with Crippen molar-refractivity contribution in [3.05, 3.63) is 0 Å². The van der Waals surface area contributed by atoms with Crippen LogP contribution in [-0.2, 0) is 9.59 Å². The minimum atomic E-state index is -0.760. The van der Waals surface area contributed by atoms with Crippen LogP contribution < -0.4 is 5.73 Å². The van der Waals surface area contributed by atoms with Gasteiger partial charge in [-0.25, -0.2) is 0 Å². The minimum Gasteiger partial charge on any atom is -0.481 e. The number of hydrogen-bond acceptors (Lipinski definition) is 2. The second-order valence-corrected chi connectivity index (χ2v) is 11.7. The van der Waals surface area contributed by atoms with E-state index in [0.717, 1.165) is 32.1 Å². The first-order chi connectivity index (χ1) is 18.0. The number of aliphatic carboxylic acids is 1. The Morgan fingerprint density at radius 3 is 1.03 bits per heavy atom. The van der Waals surface area contributed by atoms with Gasteiger partial charge in [0.1, 0.15) is 0 Å². The monoisotopic (exact) mass is 523 g/mol. The molecule has 4 heteroatoms. The van der Waals surface area contributed by atoms with Crippen molar-refractivity contribution >= 4 is 11.9 Å². The number of hydrogen-bond donors (Lipinski definition) is 2. The zero-order chi connectivity index (χ0) is 27.4. The lowest BCUT2D eigenvalue weighted by Crippen LogP contribution is -2.28. The Balaban J connectivity index is 3.85. The molecular formula is C33H65NO3. The number of carbonyl (C=O) groups is 2. The number of carboxylic acids is 1. The zero-order valence-corrected chi connectivity index (χ0v) is 25.1. The van der Waals surface area contributed by atoms with Crippen LogP contribution in [-0.4, -0.2) is 17.0 Å². The molecule has 220 valence electrons. The van der Waals surface area contributed by atoms with E-state index in [1.807, 2.05) is 0 Å². The molecule has 0 bridgehead atoms. The first-order valence-electron chi connectivity index (χ1n) is 16.5. The van der Waals surface area contributed by atoms with Gasteiger partial charge in [0.25, 0.3) is 0 Å². The Morgan fingerprint density at radius 2 is 0.757 bits per heavy atom. The summed E-state index contributed by atoms with van der Waals surface area (Å²) in [5.74, 6) is -1.80. The highest BCUT2D eigenvalue weighted by molar-refractivity contribution is 5.78. The fraction of sp³-hybridized carbons (Fsp3) is 0.939. The maximum absolute atomic E-state index is 12.0. The lowest BCUT2D eigenvalue weighted by molar-refractivity contribution is -0.143. The molecule has 0 aliphatic rings. The van der Waals surface area contributed by atoms with Crippen molar-refractivity contribution in [2.45, 2.75) is 187 Å². The van der Waals surface area contributed by atoms with Crippen LogP contribution in [0.3, 0.4) is 0 Å². The number of carbonyl (C=O) groups excluding carboxylic acids is 1. The molecule has 0 saturated carbocycles. The average Bonchev–Trinajstić information content (AvgIpc) is 2.87. The average molecular weight is 524 g/mol. The second-order valence-electron chi connectivity index (χ2n) is 11.7. The first-order valence-corrected chi connectivity index (χ1v) is 16.5. The SMILES string of the molecule is CCCCCCCCCCCCCCC(CC(CCCCCCCCCCCCCC)C(=O)O)C(N)=O. The molecule has 0 saturated heterocycles. The van der Waals surface area contributed by atoms with Crippen molar-refractivity contribution in [1.29, 1.82) is 0 Å². The summed E-state index contributed by atoms with van der Waals surface area (Å²) < 4.78 is 0. The van der Waals surface area contributed by atoms with Crippen LogP contribution in [0.5, 0.6) is 0 Å². The van der Waals surface area contributed by atoms with E-state index in [1.54, 1.807) is 0 Å². The van der Waals surface area contributed by atoms with Crippen molar-refractivity contribution < 1.29 is 14.7 Å². The van der Waals surface area contributed by atoms with Gasteiger partial charge in [-0.1, -0.05) is 168 Å². The van der Waals surface area contributed by atoms with E-state index in [4.69, 9.17) is 5.73 Å². The normalized spacial score (nSPS) is 13.0. The molecule has 0 radical (unpaired) electrons. The van der Waals surface area contributed by atoms with Gasteiger partial charge in [0, 0.05) is 5.92 Å². The van der Waals surface area contributed by atoms with E-state index in [1.165, 1.54) is 128 Å². The Labute approximate surface area is 231 Å². The third kappa shape index (κ3) is 25.0. The molecule has 2 unspecified atom stereocenters. The Kier molecular flexibility index (Phi) is 27.2. The van der Waals surface area contributed by atoms with Crippen molar-refractivity contribution in [2.75, 3.05) is 0 Å². The van der Waals surface area contributed by atoms with Crippen LogP contribution >= 0.6 is 0 Å². The predicted molar refractivity (Wildman–Crippen MR) is 160 cm³/mol. The molecule has 0 fully saturated rings. The highest BCUT2D eigenvalue weighted by Crippen LogP contribution is 2.24. The van der Waals surface area contributed by atoms with Crippen molar-refractivity contribution in [3.63, 3.8) is 0 Å². The van der Waals surface area contributed by atoms with E-state index in [0.29, 0.717) is 12.8 Å². The summed E-state index contributed by atoms with van der Waals surface area (Å²) in [4.78, 5) is 23.8. The summed E-state index contributed by atoms with van der Waals surface area (Å²) in [6.45, 7) is 4.52. The molecule has 1 amide bonds.